The molecule has 21 heavy (non-hydrogen) atoms. The first-order valence-electron chi connectivity index (χ1n) is 6.83. The van der Waals surface area contributed by atoms with Crippen molar-refractivity contribution >= 4 is 15.9 Å². The van der Waals surface area contributed by atoms with Crippen LogP contribution < -0.4 is 10.5 Å². The maximum Gasteiger partial charge on any atom is 0.242 e. The van der Waals surface area contributed by atoms with Crippen molar-refractivity contribution in [2.75, 3.05) is 0 Å². The Morgan fingerprint density at radius 1 is 1.29 bits per heavy atom. The predicted molar refractivity (Wildman–Crippen MR) is 79.3 cm³/mol. The normalized spacial score (nSPS) is 17.9. The van der Waals surface area contributed by atoms with Gasteiger partial charge in [0, 0.05) is 0 Å². The lowest BCUT2D eigenvalue weighted by molar-refractivity contribution is 0.495. The summed E-state index contributed by atoms with van der Waals surface area (Å²) in [6.07, 6.45) is 2.68. The van der Waals surface area contributed by atoms with E-state index < -0.39 is 21.4 Å². The highest BCUT2D eigenvalue weighted by molar-refractivity contribution is 7.89. The maximum atomic E-state index is 13.3. The highest BCUT2D eigenvalue weighted by Crippen LogP contribution is 2.32. The summed E-state index contributed by atoms with van der Waals surface area (Å²) >= 11 is 0. The fourth-order valence-electron chi connectivity index (χ4n) is 3.03. The summed E-state index contributed by atoms with van der Waals surface area (Å²) in [5, 5.41) is 7.71. The van der Waals surface area contributed by atoms with Crippen molar-refractivity contribution in [3.63, 3.8) is 0 Å². The number of nitrogens with two attached hydrogens (primary N) is 1. The van der Waals surface area contributed by atoms with Crippen molar-refractivity contribution in [1.29, 1.82) is 5.41 Å². The summed E-state index contributed by atoms with van der Waals surface area (Å²) in [6.45, 7) is 3.11. The first-order chi connectivity index (χ1) is 9.68. The number of sulfonamides is 1. The number of benzene rings is 1. The minimum atomic E-state index is -3.86. The Bertz CT molecular complexity index is 656. The lowest BCUT2D eigenvalue weighted by Gasteiger charge is -2.29. The highest BCUT2D eigenvalue weighted by Gasteiger charge is 2.41. The smallest absolute Gasteiger partial charge is 0.242 e. The first-order valence-corrected chi connectivity index (χ1v) is 8.31. The number of nitrogens with one attached hydrogen (secondary N) is 2. The Hall–Kier alpha value is -1.47. The molecule has 4 N–H and O–H groups in total. The van der Waals surface area contributed by atoms with Crippen LogP contribution in [0.2, 0.25) is 0 Å². The lowest BCUT2D eigenvalue weighted by atomic mass is 9.98. The van der Waals surface area contributed by atoms with Gasteiger partial charge < -0.3 is 5.73 Å². The Morgan fingerprint density at radius 2 is 1.76 bits per heavy atom. The van der Waals surface area contributed by atoms with Crippen LogP contribution >= 0.6 is 0 Å². The van der Waals surface area contributed by atoms with E-state index in [2.05, 4.69) is 4.72 Å². The second-order valence-electron chi connectivity index (χ2n) is 5.68. The van der Waals surface area contributed by atoms with E-state index in [0.717, 1.165) is 12.8 Å². The van der Waals surface area contributed by atoms with Gasteiger partial charge in [-0.25, -0.2) is 12.8 Å². The molecule has 116 valence electrons. The summed E-state index contributed by atoms with van der Waals surface area (Å²) < 4.78 is 41.3. The van der Waals surface area contributed by atoms with Crippen LogP contribution in [0.4, 0.5) is 4.39 Å². The second-order valence-corrected chi connectivity index (χ2v) is 7.30. The molecular weight excluding hydrogens is 293 g/mol. The Labute approximate surface area is 124 Å². The van der Waals surface area contributed by atoms with Crippen LogP contribution in [0.25, 0.3) is 0 Å². The monoisotopic (exact) mass is 313 g/mol. The summed E-state index contributed by atoms with van der Waals surface area (Å²) in [4.78, 5) is 0.0661. The van der Waals surface area contributed by atoms with E-state index in [0.29, 0.717) is 24.0 Å². The van der Waals surface area contributed by atoms with Gasteiger partial charge in [0.05, 0.1) is 10.4 Å². The molecule has 0 radical (unpaired) electrons. The molecule has 0 unspecified atom stereocenters. The van der Waals surface area contributed by atoms with Gasteiger partial charge in [0.1, 0.15) is 11.7 Å². The molecule has 0 atom stereocenters. The standard InChI is InChI=1S/C14H20FN3O2S/c1-9-7-11(15)8-10(2)12(9)21(19,20)18-14(13(16)17)5-3-4-6-14/h7-8,18H,3-6H2,1-2H3,(H3,16,17). The van der Waals surface area contributed by atoms with Crippen LogP contribution in [-0.2, 0) is 10.0 Å². The van der Waals surface area contributed by atoms with Gasteiger partial charge >= 0.3 is 0 Å². The molecule has 0 heterocycles. The number of aryl methyl sites for hydroxylation is 2. The van der Waals surface area contributed by atoms with Gasteiger partial charge in [0.2, 0.25) is 10.0 Å². The van der Waals surface area contributed by atoms with Crippen LogP contribution in [-0.4, -0.2) is 19.8 Å². The van der Waals surface area contributed by atoms with E-state index in [4.69, 9.17) is 11.1 Å². The molecule has 2 rings (SSSR count). The van der Waals surface area contributed by atoms with Crippen LogP contribution in [0.1, 0.15) is 36.8 Å². The molecule has 1 aromatic rings. The zero-order chi connectivity index (χ0) is 15.8. The number of hydrogen-bond donors (Lipinski definition) is 3. The first kappa shape index (κ1) is 15.9. The molecule has 1 aromatic carbocycles. The minimum Gasteiger partial charge on any atom is -0.386 e. The zero-order valence-corrected chi connectivity index (χ0v) is 13.0. The van der Waals surface area contributed by atoms with Crippen LogP contribution in [0.3, 0.4) is 0 Å². The van der Waals surface area contributed by atoms with E-state index in [9.17, 15) is 12.8 Å². The third kappa shape index (κ3) is 2.94. The van der Waals surface area contributed by atoms with Gasteiger partial charge in [-0.2, -0.15) is 4.72 Å². The third-order valence-electron chi connectivity index (χ3n) is 4.00. The average molecular weight is 313 g/mol. The summed E-state index contributed by atoms with van der Waals surface area (Å²) in [7, 11) is -3.86. The second kappa shape index (κ2) is 5.38. The van der Waals surface area contributed by atoms with Gasteiger partial charge in [-0.15, -0.1) is 0 Å². The van der Waals surface area contributed by atoms with E-state index in [1.54, 1.807) is 13.8 Å². The molecule has 0 aromatic heterocycles. The predicted octanol–water partition coefficient (Wildman–Crippen LogP) is 1.97. The molecule has 5 nitrogen and oxygen atoms in total. The van der Waals surface area contributed by atoms with Crippen molar-refractivity contribution in [3.8, 4) is 0 Å². The van der Waals surface area contributed by atoms with Gasteiger partial charge in [-0.1, -0.05) is 12.8 Å². The fraction of sp³-hybridized carbons (Fsp3) is 0.500. The molecule has 0 amide bonds. The zero-order valence-electron chi connectivity index (χ0n) is 12.2. The molecular formula is C14H20FN3O2S. The quantitative estimate of drug-likeness (QED) is 0.585. The molecule has 1 aliphatic carbocycles. The number of halogens is 1. The highest BCUT2D eigenvalue weighted by atomic mass is 32.2. The number of rotatable bonds is 4. The summed E-state index contributed by atoms with van der Waals surface area (Å²) in [5.74, 6) is -0.632. The fourth-order valence-corrected chi connectivity index (χ4v) is 4.93. The molecule has 0 aliphatic heterocycles. The van der Waals surface area contributed by atoms with Crippen LogP contribution in [0.5, 0.6) is 0 Å². The Balaban J connectivity index is 2.46. The van der Waals surface area contributed by atoms with E-state index in [1.165, 1.54) is 12.1 Å². The molecule has 7 heteroatoms. The Kier molecular flexibility index (Phi) is 4.08. The van der Waals surface area contributed by atoms with Crippen molar-refractivity contribution in [3.05, 3.63) is 29.1 Å². The molecule has 1 saturated carbocycles. The van der Waals surface area contributed by atoms with Crippen molar-refractivity contribution in [1.82, 2.24) is 4.72 Å². The maximum absolute atomic E-state index is 13.3. The Morgan fingerprint density at radius 3 is 2.19 bits per heavy atom. The molecule has 0 bridgehead atoms. The van der Waals surface area contributed by atoms with Crippen molar-refractivity contribution < 1.29 is 12.8 Å². The number of hydrogen-bond acceptors (Lipinski definition) is 3. The van der Waals surface area contributed by atoms with Crippen molar-refractivity contribution in [2.45, 2.75) is 50.0 Å². The third-order valence-corrected chi connectivity index (χ3v) is 5.84. The van der Waals surface area contributed by atoms with E-state index >= 15 is 0 Å². The van der Waals surface area contributed by atoms with E-state index in [-0.39, 0.29) is 10.7 Å². The van der Waals surface area contributed by atoms with E-state index in [1.807, 2.05) is 0 Å². The van der Waals surface area contributed by atoms with Crippen LogP contribution in [0.15, 0.2) is 17.0 Å². The topological polar surface area (TPSA) is 96.0 Å². The summed E-state index contributed by atoms with van der Waals surface area (Å²) in [5.41, 5.74) is 5.30. The lowest BCUT2D eigenvalue weighted by Crippen LogP contribution is -2.55. The van der Waals surface area contributed by atoms with Crippen LogP contribution in [0, 0.1) is 25.1 Å². The summed E-state index contributed by atoms with van der Waals surface area (Å²) in [6, 6.07) is 2.38. The SMILES string of the molecule is Cc1cc(F)cc(C)c1S(=O)(=O)NC1(C(=N)N)CCCC1. The van der Waals surface area contributed by atoms with Gasteiger partial charge in [0.25, 0.3) is 0 Å². The largest absolute Gasteiger partial charge is 0.386 e. The molecule has 0 spiro atoms. The number of amidine groups is 1. The molecule has 1 fully saturated rings. The molecule has 0 saturated heterocycles. The average Bonchev–Trinajstić information content (AvgIpc) is 2.75. The minimum absolute atomic E-state index is 0.0661. The van der Waals surface area contributed by atoms with Gasteiger partial charge in [-0.05, 0) is 49.9 Å². The van der Waals surface area contributed by atoms with Gasteiger partial charge in [-0.3, -0.25) is 5.41 Å². The van der Waals surface area contributed by atoms with Crippen molar-refractivity contribution in [2.24, 2.45) is 5.73 Å². The van der Waals surface area contributed by atoms with Gasteiger partial charge in [0.15, 0.2) is 0 Å². The molecule has 1 aliphatic rings.